The fourth-order valence-electron chi connectivity index (χ4n) is 2.82. The largest absolute Gasteiger partial charge is 0.388 e. The minimum atomic E-state index is -0.461. The van der Waals surface area contributed by atoms with Crippen LogP contribution in [0.3, 0.4) is 0 Å². The first-order chi connectivity index (χ1) is 12.6. The van der Waals surface area contributed by atoms with Crippen LogP contribution < -0.4 is 10.6 Å². The molecular weight excluding hydrogens is 326 g/mol. The first-order valence-corrected chi connectivity index (χ1v) is 9.36. The highest BCUT2D eigenvalue weighted by Crippen LogP contribution is 2.14. The summed E-state index contributed by atoms with van der Waals surface area (Å²) in [6, 6.07) is 11.8. The van der Waals surface area contributed by atoms with Gasteiger partial charge in [0.2, 0.25) is 0 Å². The van der Waals surface area contributed by atoms with Gasteiger partial charge in [0.1, 0.15) is 0 Å². The Kier molecular flexibility index (Phi) is 8.15. The van der Waals surface area contributed by atoms with Crippen molar-refractivity contribution in [3.05, 3.63) is 53.3 Å². The first-order valence-electron chi connectivity index (χ1n) is 9.36. The maximum atomic E-state index is 10.2. The molecule has 2 aromatic rings. The second kappa shape index (κ2) is 10.6. The van der Waals surface area contributed by atoms with Crippen molar-refractivity contribution in [2.24, 2.45) is 4.99 Å². The van der Waals surface area contributed by atoms with Gasteiger partial charge in [-0.25, -0.2) is 0 Å². The third-order valence-electron chi connectivity index (χ3n) is 4.14. The van der Waals surface area contributed by atoms with Crippen LogP contribution in [0.5, 0.6) is 0 Å². The predicted octanol–water partition coefficient (Wildman–Crippen LogP) is 2.57. The molecule has 6 nitrogen and oxygen atoms in total. The molecule has 1 unspecified atom stereocenters. The van der Waals surface area contributed by atoms with E-state index in [1.165, 1.54) is 5.69 Å². The molecule has 0 fully saturated rings. The highest BCUT2D eigenvalue weighted by Gasteiger charge is 2.07. The monoisotopic (exact) mass is 357 g/mol. The summed E-state index contributed by atoms with van der Waals surface area (Å²) in [4.78, 5) is 4.61. The van der Waals surface area contributed by atoms with E-state index in [9.17, 15) is 5.11 Å². The Balaban J connectivity index is 1.74. The lowest BCUT2D eigenvalue weighted by molar-refractivity contribution is 0.168. The second-order valence-electron chi connectivity index (χ2n) is 6.41. The van der Waals surface area contributed by atoms with Crippen molar-refractivity contribution in [3.63, 3.8) is 0 Å². The molecule has 1 aromatic carbocycles. The van der Waals surface area contributed by atoms with Crippen LogP contribution in [0, 0.1) is 13.8 Å². The van der Waals surface area contributed by atoms with Crippen molar-refractivity contribution in [1.82, 2.24) is 20.4 Å². The van der Waals surface area contributed by atoms with Crippen molar-refractivity contribution in [2.75, 3.05) is 19.6 Å². The number of rotatable bonds is 9. The van der Waals surface area contributed by atoms with Gasteiger partial charge in [-0.3, -0.25) is 9.67 Å². The van der Waals surface area contributed by atoms with Crippen LogP contribution in [0.15, 0.2) is 41.4 Å². The summed E-state index contributed by atoms with van der Waals surface area (Å²) in [7, 11) is 0. The van der Waals surface area contributed by atoms with Gasteiger partial charge in [-0.2, -0.15) is 5.10 Å². The topological polar surface area (TPSA) is 74.5 Å². The average Bonchev–Trinajstić information content (AvgIpc) is 2.96. The molecule has 1 aromatic heterocycles. The minimum Gasteiger partial charge on any atom is -0.388 e. The molecule has 3 N–H and O–H groups in total. The van der Waals surface area contributed by atoms with E-state index in [1.807, 2.05) is 48.9 Å². The van der Waals surface area contributed by atoms with Gasteiger partial charge in [-0.05, 0) is 45.2 Å². The zero-order valence-corrected chi connectivity index (χ0v) is 16.1. The highest BCUT2D eigenvalue weighted by molar-refractivity contribution is 5.79. The molecule has 0 radical (unpaired) electrons. The Morgan fingerprint density at radius 3 is 2.65 bits per heavy atom. The van der Waals surface area contributed by atoms with Gasteiger partial charge in [0, 0.05) is 31.9 Å². The van der Waals surface area contributed by atoms with Crippen LogP contribution in [0.2, 0.25) is 0 Å². The Morgan fingerprint density at radius 2 is 2.00 bits per heavy atom. The summed E-state index contributed by atoms with van der Waals surface area (Å²) in [5.74, 6) is 0.793. The van der Waals surface area contributed by atoms with Gasteiger partial charge < -0.3 is 15.7 Å². The Bertz CT molecular complexity index is 681. The molecule has 142 valence electrons. The summed E-state index contributed by atoms with van der Waals surface area (Å²) >= 11 is 0. The number of hydrogen-bond donors (Lipinski definition) is 3. The van der Waals surface area contributed by atoms with Crippen LogP contribution >= 0.6 is 0 Å². The van der Waals surface area contributed by atoms with E-state index in [4.69, 9.17) is 0 Å². The quantitative estimate of drug-likeness (QED) is 0.366. The van der Waals surface area contributed by atoms with E-state index >= 15 is 0 Å². The van der Waals surface area contributed by atoms with Gasteiger partial charge in [0.15, 0.2) is 5.96 Å². The number of hydrogen-bond acceptors (Lipinski definition) is 3. The molecule has 2 rings (SSSR count). The normalized spacial score (nSPS) is 12.8. The van der Waals surface area contributed by atoms with Gasteiger partial charge in [-0.1, -0.05) is 30.3 Å². The number of guanidine groups is 1. The summed E-state index contributed by atoms with van der Waals surface area (Å²) in [5.41, 5.74) is 3.19. The van der Waals surface area contributed by atoms with Crippen molar-refractivity contribution in [1.29, 1.82) is 0 Å². The Hall–Kier alpha value is -2.34. The lowest BCUT2D eigenvalue weighted by atomic mass is 10.1. The van der Waals surface area contributed by atoms with Gasteiger partial charge in [0.05, 0.1) is 11.8 Å². The molecule has 6 heteroatoms. The van der Waals surface area contributed by atoms with Gasteiger partial charge >= 0.3 is 0 Å². The predicted molar refractivity (Wildman–Crippen MR) is 106 cm³/mol. The van der Waals surface area contributed by atoms with Crippen LogP contribution in [0.25, 0.3) is 0 Å². The number of aliphatic hydroxyl groups is 1. The SMILES string of the molecule is CCNC(=NCCCn1nc(C)cc1C)NCCC(O)c1ccccc1. The highest BCUT2D eigenvalue weighted by atomic mass is 16.3. The van der Waals surface area contributed by atoms with Crippen LogP contribution in [-0.4, -0.2) is 40.5 Å². The molecule has 0 aliphatic heterocycles. The fraction of sp³-hybridized carbons (Fsp3) is 0.500. The molecule has 0 amide bonds. The van der Waals surface area contributed by atoms with Crippen LogP contribution in [0.1, 0.15) is 42.8 Å². The van der Waals surface area contributed by atoms with Crippen LogP contribution in [-0.2, 0) is 6.54 Å². The molecule has 0 aliphatic rings. The third kappa shape index (κ3) is 6.52. The zero-order valence-electron chi connectivity index (χ0n) is 16.1. The van der Waals surface area contributed by atoms with Crippen LogP contribution in [0.4, 0.5) is 0 Å². The van der Waals surface area contributed by atoms with Crippen molar-refractivity contribution in [2.45, 2.75) is 46.3 Å². The molecule has 0 saturated carbocycles. The standard InChI is InChI=1S/C20H31N5O/c1-4-21-20(22-12-8-14-25-17(3)15-16(2)24-25)23-13-11-19(26)18-9-6-5-7-10-18/h5-7,9-10,15,19,26H,4,8,11-14H2,1-3H3,(H2,21,22,23). The number of nitrogens with one attached hydrogen (secondary N) is 2. The second-order valence-corrected chi connectivity index (χ2v) is 6.41. The molecule has 26 heavy (non-hydrogen) atoms. The Morgan fingerprint density at radius 1 is 1.23 bits per heavy atom. The molecule has 1 heterocycles. The molecule has 1 atom stereocenters. The first kappa shape index (κ1) is 20.0. The van der Waals surface area contributed by atoms with Crippen molar-refractivity contribution in [3.8, 4) is 0 Å². The van der Waals surface area contributed by atoms with E-state index in [-0.39, 0.29) is 0 Å². The number of aliphatic hydroxyl groups excluding tert-OH is 1. The molecular formula is C20H31N5O. The number of aromatic nitrogens is 2. The lowest BCUT2D eigenvalue weighted by Gasteiger charge is -2.14. The lowest BCUT2D eigenvalue weighted by Crippen LogP contribution is -2.38. The maximum absolute atomic E-state index is 10.2. The average molecular weight is 358 g/mol. The minimum absolute atomic E-state index is 0.461. The third-order valence-corrected chi connectivity index (χ3v) is 4.14. The molecule has 0 saturated heterocycles. The molecule has 0 bridgehead atoms. The van der Waals surface area contributed by atoms with Crippen molar-refractivity contribution >= 4 is 5.96 Å². The zero-order chi connectivity index (χ0) is 18.8. The van der Waals surface area contributed by atoms with E-state index in [2.05, 4.69) is 33.7 Å². The van der Waals surface area contributed by atoms with E-state index in [0.29, 0.717) is 13.0 Å². The Labute approximate surface area is 156 Å². The number of aryl methyl sites for hydroxylation is 3. The van der Waals surface area contributed by atoms with E-state index in [0.717, 1.165) is 43.3 Å². The summed E-state index contributed by atoms with van der Waals surface area (Å²) < 4.78 is 2.03. The van der Waals surface area contributed by atoms with E-state index < -0.39 is 6.10 Å². The smallest absolute Gasteiger partial charge is 0.191 e. The summed E-state index contributed by atoms with van der Waals surface area (Å²) in [5, 5.41) is 21.2. The number of nitrogens with zero attached hydrogens (tertiary/aromatic N) is 3. The number of aliphatic imine (C=N–C) groups is 1. The summed E-state index contributed by atoms with van der Waals surface area (Å²) in [6.45, 7) is 9.21. The molecule has 0 spiro atoms. The maximum Gasteiger partial charge on any atom is 0.191 e. The van der Waals surface area contributed by atoms with Crippen molar-refractivity contribution < 1.29 is 5.11 Å². The summed E-state index contributed by atoms with van der Waals surface area (Å²) in [6.07, 6.45) is 1.11. The number of benzene rings is 1. The van der Waals surface area contributed by atoms with Gasteiger partial charge in [-0.15, -0.1) is 0 Å². The van der Waals surface area contributed by atoms with Gasteiger partial charge in [0.25, 0.3) is 0 Å². The van der Waals surface area contributed by atoms with E-state index in [1.54, 1.807) is 0 Å². The molecule has 0 aliphatic carbocycles. The fourth-order valence-corrected chi connectivity index (χ4v) is 2.82.